The fraction of sp³-hybridized carbons (Fsp3) is 0.267. The molecule has 1 aromatic heterocycles. The molecule has 0 fully saturated rings. The van der Waals surface area contributed by atoms with E-state index in [2.05, 4.69) is 33.2 Å². The normalized spacial score (nSPS) is 12.2. The van der Waals surface area contributed by atoms with Gasteiger partial charge in [-0.25, -0.2) is 0 Å². The predicted octanol–water partition coefficient (Wildman–Crippen LogP) is 3.41. The van der Waals surface area contributed by atoms with Gasteiger partial charge in [-0.15, -0.1) is 0 Å². The molecule has 1 heterocycles. The Morgan fingerprint density at radius 3 is 2.90 bits per heavy atom. The second kappa shape index (κ2) is 6.72. The van der Waals surface area contributed by atoms with E-state index in [9.17, 15) is 5.11 Å². The maximum atomic E-state index is 9.78. The molecule has 0 bridgehead atoms. The lowest BCUT2D eigenvalue weighted by atomic mass is 10.1. The highest BCUT2D eigenvalue weighted by atomic mass is 79.9. The van der Waals surface area contributed by atoms with Gasteiger partial charge in [-0.1, -0.05) is 6.07 Å². The maximum absolute atomic E-state index is 9.78. The Bertz CT molecular complexity index is 576. The topological polar surface area (TPSA) is 54.4 Å². The molecule has 0 saturated heterocycles. The van der Waals surface area contributed by atoms with Gasteiger partial charge in [0.05, 0.1) is 11.6 Å². The van der Waals surface area contributed by atoms with Crippen LogP contribution >= 0.6 is 15.9 Å². The average molecular weight is 337 g/mol. The fourth-order valence-electron chi connectivity index (χ4n) is 1.91. The Morgan fingerprint density at radius 2 is 2.25 bits per heavy atom. The lowest BCUT2D eigenvalue weighted by Crippen LogP contribution is -2.18. The Kier molecular flexibility index (Phi) is 4.98. The monoisotopic (exact) mass is 336 g/mol. The van der Waals surface area contributed by atoms with Crippen molar-refractivity contribution in [3.8, 4) is 11.5 Å². The van der Waals surface area contributed by atoms with Crippen LogP contribution in [0.1, 0.15) is 24.1 Å². The van der Waals surface area contributed by atoms with Gasteiger partial charge in [0.2, 0.25) is 0 Å². The second-order valence-electron chi connectivity index (χ2n) is 4.52. The number of phenolic OH excluding ortho intramolecular Hbond substituents is 1. The number of phenols is 1. The zero-order valence-corrected chi connectivity index (χ0v) is 13.0. The quantitative estimate of drug-likeness (QED) is 0.878. The highest BCUT2D eigenvalue weighted by molar-refractivity contribution is 9.10. The van der Waals surface area contributed by atoms with E-state index in [4.69, 9.17) is 4.74 Å². The number of rotatable bonds is 5. The number of aromatic nitrogens is 1. The predicted molar refractivity (Wildman–Crippen MR) is 81.9 cm³/mol. The van der Waals surface area contributed by atoms with Crippen LogP contribution in [-0.2, 0) is 6.54 Å². The number of methoxy groups -OCH3 is 1. The van der Waals surface area contributed by atoms with Crippen LogP contribution in [0, 0.1) is 0 Å². The summed E-state index contributed by atoms with van der Waals surface area (Å²) in [6, 6.07) is 7.86. The molecule has 1 aromatic carbocycles. The van der Waals surface area contributed by atoms with Gasteiger partial charge in [-0.05, 0) is 52.2 Å². The minimum atomic E-state index is 0.122. The number of ether oxygens (including phenoxy) is 1. The van der Waals surface area contributed by atoms with Gasteiger partial charge in [0, 0.05) is 25.0 Å². The Labute approximate surface area is 126 Å². The summed E-state index contributed by atoms with van der Waals surface area (Å²) in [6.07, 6.45) is 3.61. The number of pyridine rings is 1. The van der Waals surface area contributed by atoms with Crippen LogP contribution < -0.4 is 10.1 Å². The lowest BCUT2D eigenvalue weighted by Gasteiger charge is -2.15. The highest BCUT2D eigenvalue weighted by Gasteiger charge is 2.10. The molecule has 0 saturated carbocycles. The van der Waals surface area contributed by atoms with E-state index in [-0.39, 0.29) is 11.8 Å². The molecule has 4 nitrogen and oxygen atoms in total. The van der Waals surface area contributed by atoms with E-state index < -0.39 is 0 Å². The lowest BCUT2D eigenvalue weighted by molar-refractivity contribution is 0.371. The largest absolute Gasteiger partial charge is 0.503 e. The molecule has 0 aliphatic heterocycles. The maximum Gasteiger partial charge on any atom is 0.172 e. The Hall–Kier alpha value is -1.59. The molecule has 106 valence electrons. The van der Waals surface area contributed by atoms with Crippen molar-refractivity contribution in [3.05, 3.63) is 52.3 Å². The van der Waals surface area contributed by atoms with Crippen molar-refractivity contribution in [2.24, 2.45) is 0 Å². The Morgan fingerprint density at radius 1 is 1.45 bits per heavy atom. The second-order valence-corrected chi connectivity index (χ2v) is 5.37. The van der Waals surface area contributed by atoms with E-state index >= 15 is 0 Å². The molecule has 2 N–H and O–H groups in total. The van der Waals surface area contributed by atoms with E-state index in [0.29, 0.717) is 16.8 Å². The van der Waals surface area contributed by atoms with Crippen molar-refractivity contribution in [3.63, 3.8) is 0 Å². The summed E-state index contributed by atoms with van der Waals surface area (Å²) < 4.78 is 5.77. The summed E-state index contributed by atoms with van der Waals surface area (Å²) in [4.78, 5) is 4.11. The van der Waals surface area contributed by atoms with Crippen LogP contribution in [0.2, 0.25) is 0 Å². The molecule has 0 radical (unpaired) electrons. The van der Waals surface area contributed by atoms with Crippen LogP contribution in [0.25, 0.3) is 0 Å². The van der Waals surface area contributed by atoms with E-state index in [1.54, 1.807) is 6.20 Å². The summed E-state index contributed by atoms with van der Waals surface area (Å²) in [7, 11) is 1.54. The van der Waals surface area contributed by atoms with Crippen molar-refractivity contribution >= 4 is 15.9 Å². The molecule has 0 amide bonds. The van der Waals surface area contributed by atoms with Gasteiger partial charge < -0.3 is 15.2 Å². The first-order chi connectivity index (χ1) is 9.61. The third-order valence-electron chi connectivity index (χ3n) is 3.10. The van der Waals surface area contributed by atoms with Crippen molar-refractivity contribution in [1.29, 1.82) is 0 Å². The van der Waals surface area contributed by atoms with Crippen LogP contribution in [0.3, 0.4) is 0 Å². The first-order valence-corrected chi connectivity index (χ1v) is 7.09. The summed E-state index contributed by atoms with van der Waals surface area (Å²) in [6.45, 7) is 2.76. The van der Waals surface area contributed by atoms with Crippen molar-refractivity contribution in [2.45, 2.75) is 19.5 Å². The van der Waals surface area contributed by atoms with E-state index in [1.165, 1.54) is 7.11 Å². The van der Waals surface area contributed by atoms with E-state index in [1.807, 2.05) is 30.5 Å². The molecule has 1 unspecified atom stereocenters. The first-order valence-electron chi connectivity index (χ1n) is 6.30. The van der Waals surface area contributed by atoms with Gasteiger partial charge in [0.25, 0.3) is 0 Å². The molecule has 1 atom stereocenters. The molecule has 2 rings (SSSR count). The third-order valence-corrected chi connectivity index (χ3v) is 3.71. The van der Waals surface area contributed by atoms with Gasteiger partial charge in [0.1, 0.15) is 0 Å². The van der Waals surface area contributed by atoms with Crippen LogP contribution in [0.15, 0.2) is 41.1 Å². The number of hydrogen-bond donors (Lipinski definition) is 2. The number of aromatic hydroxyl groups is 1. The standard InChI is InChI=1S/C15H17BrN2O2/c1-10(12-4-3-5-17-9-12)18-8-11-6-13(16)15(19)14(7-11)20-2/h3-7,9-10,18-19H,8H2,1-2H3. The molecular formula is C15H17BrN2O2. The van der Waals surface area contributed by atoms with Crippen LogP contribution in [0.5, 0.6) is 11.5 Å². The van der Waals surface area contributed by atoms with Gasteiger partial charge in [-0.3, -0.25) is 4.98 Å². The molecular weight excluding hydrogens is 320 g/mol. The average Bonchev–Trinajstić information content (AvgIpc) is 2.48. The van der Waals surface area contributed by atoms with Crippen molar-refractivity contribution in [1.82, 2.24) is 10.3 Å². The molecule has 2 aromatic rings. The highest BCUT2D eigenvalue weighted by Crippen LogP contribution is 2.35. The third kappa shape index (κ3) is 3.49. The molecule has 0 spiro atoms. The summed E-state index contributed by atoms with van der Waals surface area (Å²) >= 11 is 3.32. The van der Waals surface area contributed by atoms with Crippen molar-refractivity contribution < 1.29 is 9.84 Å². The van der Waals surface area contributed by atoms with Crippen LogP contribution in [0.4, 0.5) is 0 Å². The number of halogens is 1. The molecule has 0 aliphatic rings. The van der Waals surface area contributed by atoms with Gasteiger partial charge in [-0.2, -0.15) is 0 Å². The fourth-order valence-corrected chi connectivity index (χ4v) is 2.40. The zero-order valence-electron chi connectivity index (χ0n) is 11.4. The summed E-state index contributed by atoms with van der Waals surface area (Å²) in [5.74, 6) is 0.585. The summed E-state index contributed by atoms with van der Waals surface area (Å²) in [5.41, 5.74) is 2.17. The van der Waals surface area contributed by atoms with Crippen molar-refractivity contribution in [2.75, 3.05) is 7.11 Å². The van der Waals surface area contributed by atoms with Crippen LogP contribution in [-0.4, -0.2) is 17.2 Å². The van der Waals surface area contributed by atoms with Gasteiger partial charge in [0.15, 0.2) is 11.5 Å². The SMILES string of the molecule is COc1cc(CNC(C)c2cccnc2)cc(Br)c1O. The smallest absolute Gasteiger partial charge is 0.172 e. The molecule has 20 heavy (non-hydrogen) atoms. The zero-order chi connectivity index (χ0) is 14.5. The van der Waals surface area contributed by atoms with E-state index in [0.717, 1.165) is 11.1 Å². The number of nitrogens with one attached hydrogen (secondary N) is 1. The number of nitrogens with zero attached hydrogens (tertiary/aromatic N) is 1. The first kappa shape index (κ1) is 14.8. The Balaban J connectivity index is 2.06. The minimum absolute atomic E-state index is 0.122. The summed E-state index contributed by atoms with van der Waals surface area (Å²) in [5, 5.41) is 13.2. The van der Waals surface area contributed by atoms with Gasteiger partial charge >= 0.3 is 0 Å². The number of hydrogen-bond acceptors (Lipinski definition) is 4. The minimum Gasteiger partial charge on any atom is -0.503 e. The molecule has 5 heteroatoms. The number of benzene rings is 1. The molecule has 0 aliphatic carbocycles.